The van der Waals surface area contributed by atoms with Crippen LogP contribution >= 0.6 is 0 Å². The molecule has 0 atom stereocenters. The van der Waals surface area contributed by atoms with Gasteiger partial charge in [-0.05, 0) is 41.9 Å². The first-order valence-corrected chi connectivity index (χ1v) is 10.7. The molecule has 0 radical (unpaired) electrons. The van der Waals surface area contributed by atoms with Crippen LogP contribution in [0.25, 0.3) is 11.1 Å². The van der Waals surface area contributed by atoms with E-state index in [0.29, 0.717) is 11.8 Å². The number of halogens is 2. The highest BCUT2D eigenvalue weighted by Crippen LogP contribution is 2.38. The lowest BCUT2D eigenvalue weighted by atomic mass is 10.0. The van der Waals surface area contributed by atoms with Gasteiger partial charge in [-0.3, -0.25) is 4.79 Å². The molecular formula is C19H22F2O2Si. The smallest absolute Gasteiger partial charge is 0.250 e. The number of aldehydes is 1. The van der Waals surface area contributed by atoms with Crippen LogP contribution in [0.3, 0.4) is 0 Å². The molecule has 0 aromatic heterocycles. The van der Waals surface area contributed by atoms with Crippen LogP contribution in [0, 0.1) is 11.6 Å². The van der Waals surface area contributed by atoms with Crippen molar-refractivity contribution in [3.05, 3.63) is 53.6 Å². The molecule has 0 amide bonds. The third-order valence-electron chi connectivity index (χ3n) is 4.54. The van der Waals surface area contributed by atoms with Gasteiger partial charge in [0.2, 0.25) is 0 Å². The highest BCUT2D eigenvalue weighted by molar-refractivity contribution is 6.74. The lowest BCUT2D eigenvalue weighted by Gasteiger charge is -2.36. The lowest BCUT2D eigenvalue weighted by molar-refractivity contribution is 0.112. The molecule has 0 fully saturated rings. The van der Waals surface area contributed by atoms with Gasteiger partial charge in [0.05, 0.1) is 0 Å². The maximum absolute atomic E-state index is 14.5. The van der Waals surface area contributed by atoms with E-state index < -0.39 is 20.0 Å². The fourth-order valence-corrected chi connectivity index (χ4v) is 3.04. The summed E-state index contributed by atoms with van der Waals surface area (Å²) in [4.78, 5) is 10.7. The summed E-state index contributed by atoms with van der Waals surface area (Å²) < 4.78 is 34.5. The summed E-state index contributed by atoms with van der Waals surface area (Å²) in [6.07, 6.45) is 0.573. The third-order valence-corrected chi connectivity index (χ3v) is 8.89. The number of hydrogen-bond acceptors (Lipinski definition) is 2. The van der Waals surface area contributed by atoms with Crippen LogP contribution in [0.5, 0.6) is 5.75 Å². The minimum Gasteiger partial charge on any atom is -0.542 e. The van der Waals surface area contributed by atoms with Crippen molar-refractivity contribution in [1.29, 1.82) is 0 Å². The van der Waals surface area contributed by atoms with Gasteiger partial charge in [-0.25, -0.2) is 8.78 Å². The lowest BCUT2D eigenvalue weighted by Crippen LogP contribution is -2.44. The largest absolute Gasteiger partial charge is 0.542 e. The summed E-state index contributed by atoms with van der Waals surface area (Å²) in [6.45, 7) is 10.3. The normalized spacial score (nSPS) is 12.1. The SMILES string of the molecule is CC(C)(C)[Si](C)(C)Oc1ccc(-c2ccc(C=O)cc2F)cc1F. The molecule has 24 heavy (non-hydrogen) atoms. The Morgan fingerprint density at radius 1 is 1.00 bits per heavy atom. The van der Waals surface area contributed by atoms with Gasteiger partial charge in [-0.2, -0.15) is 0 Å². The second-order valence-corrected chi connectivity index (χ2v) is 12.1. The van der Waals surface area contributed by atoms with Gasteiger partial charge < -0.3 is 4.43 Å². The van der Waals surface area contributed by atoms with E-state index in [1.54, 1.807) is 6.07 Å². The Bertz CT molecular complexity index is 764. The molecule has 2 aromatic carbocycles. The zero-order chi connectivity index (χ0) is 18.1. The van der Waals surface area contributed by atoms with Gasteiger partial charge in [0.1, 0.15) is 17.9 Å². The van der Waals surface area contributed by atoms with E-state index in [-0.39, 0.29) is 21.9 Å². The molecule has 0 saturated carbocycles. The quantitative estimate of drug-likeness (QED) is 0.513. The Kier molecular flexibility index (Phi) is 4.94. The van der Waals surface area contributed by atoms with Crippen molar-refractivity contribution < 1.29 is 18.0 Å². The molecular weight excluding hydrogens is 326 g/mol. The van der Waals surface area contributed by atoms with Crippen LogP contribution in [0.1, 0.15) is 31.1 Å². The Balaban J connectivity index is 2.35. The maximum atomic E-state index is 14.5. The van der Waals surface area contributed by atoms with Crippen molar-refractivity contribution >= 4 is 14.6 Å². The molecule has 0 aliphatic rings. The van der Waals surface area contributed by atoms with Crippen LogP contribution < -0.4 is 4.43 Å². The van der Waals surface area contributed by atoms with Crippen LogP contribution in [0.2, 0.25) is 18.1 Å². The molecule has 0 bridgehead atoms. The van der Waals surface area contributed by atoms with Crippen LogP contribution in [0.4, 0.5) is 8.78 Å². The van der Waals surface area contributed by atoms with Crippen molar-refractivity contribution in [1.82, 2.24) is 0 Å². The van der Waals surface area contributed by atoms with E-state index in [9.17, 15) is 13.6 Å². The summed E-state index contributed by atoms with van der Waals surface area (Å²) in [6, 6.07) is 8.55. The van der Waals surface area contributed by atoms with Crippen LogP contribution in [0.15, 0.2) is 36.4 Å². The van der Waals surface area contributed by atoms with Crippen molar-refractivity contribution in [2.45, 2.75) is 38.9 Å². The summed E-state index contributed by atoms with van der Waals surface area (Å²) in [5, 5.41) is -0.0467. The first-order valence-electron chi connectivity index (χ1n) is 7.79. The van der Waals surface area contributed by atoms with E-state index >= 15 is 0 Å². The van der Waals surface area contributed by atoms with Gasteiger partial charge in [-0.1, -0.05) is 39.0 Å². The molecule has 0 spiro atoms. The zero-order valence-electron chi connectivity index (χ0n) is 14.6. The Labute approximate surface area is 142 Å². The molecule has 0 heterocycles. The molecule has 2 aromatic rings. The fourth-order valence-electron chi connectivity index (χ4n) is 2.02. The van der Waals surface area contributed by atoms with E-state index in [1.165, 1.54) is 24.3 Å². The second kappa shape index (κ2) is 6.47. The molecule has 0 aliphatic carbocycles. The van der Waals surface area contributed by atoms with Gasteiger partial charge in [-0.15, -0.1) is 0 Å². The molecule has 2 rings (SSSR count). The molecule has 0 N–H and O–H groups in total. The molecule has 0 saturated heterocycles. The molecule has 0 aliphatic heterocycles. The zero-order valence-corrected chi connectivity index (χ0v) is 15.6. The van der Waals surface area contributed by atoms with Gasteiger partial charge in [0, 0.05) is 11.1 Å². The first-order chi connectivity index (χ1) is 11.0. The number of rotatable bonds is 4. The Morgan fingerprint density at radius 3 is 2.17 bits per heavy atom. The van der Waals surface area contributed by atoms with E-state index in [0.717, 1.165) is 6.07 Å². The number of hydrogen-bond donors (Lipinski definition) is 0. The van der Waals surface area contributed by atoms with Crippen LogP contribution in [-0.2, 0) is 0 Å². The third kappa shape index (κ3) is 3.72. The van der Waals surface area contributed by atoms with Gasteiger partial charge in [0.15, 0.2) is 5.82 Å². The summed E-state index contributed by atoms with van der Waals surface area (Å²) in [5.74, 6) is -0.886. The highest BCUT2D eigenvalue weighted by atomic mass is 28.4. The predicted octanol–water partition coefficient (Wildman–Crippen LogP) is 5.83. The number of benzene rings is 2. The first kappa shape index (κ1) is 18.3. The van der Waals surface area contributed by atoms with Crippen LogP contribution in [-0.4, -0.2) is 14.6 Å². The monoisotopic (exact) mass is 348 g/mol. The van der Waals surface area contributed by atoms with Gasteiger partial charge in [0.25, 0.3) is 8.32 Å². The summed E-state index contributed by atoms with van der Waals surface area (Å²) in [5.41, 5.74) is 0.901. The van der Waals surface area contributed by atoms with E-state index in [2.05, 4.69) is 20.8 Å². The topological polar surface area (TPSA) is 26.3 Å². The molecule has 2 nitrogen and oxygen atoms in total. The minimum absolute atomic E-state index is 0.0467. The Morgan fingerprint density at radius 2 is 1.67 bits per heavy atom. The average Bonchev–Trinajstić information content (AvgIpc) is 2.48. The predicted molar refractivity (Wildman–Crippen MR) is 95.0 cm³/mol. The van der Waals surface area contributed by atoms with Crippen molar-refractivity contribution in [3.8, 4) is 16.9 Å². The fraction of sp³-hybridized carbons (Fsp3) is 0.316. The Hall–Kier alpha value is -2.01. The van der Waals surface area contributed by atoms with E-state index in [4.69, 9.17) is 4.43 Å². The van der Waals surface area contributed by atoms with Crippen molar-refractivity contribution in [2.75, 3.05) is 0 Å². The summed E-state index contributed by atoms with van der Waals surface area (Å²) >= 11 is 0. The molecule has 0 unspecified atom stereocenters. The van der Waals surface area contributed by atoms with Crippen molar-refractivity contribution in [2.24, 2.45) is 0 Å². The molecule has 128 valence electrons. The molecule has 5 heteroatoms. The summed E-state index contributed by atoms with van der Waals surface area (Å²) in [7, 11) is -2.15. The highest BCUT2D eigenvalue weighted by Gasteiger charge is 2.39. The van der Waals surface area contributed by atoms with E-state index in [1.807, 2.05) is 13.1 Å². The standard InChI is InChI=1S/C19H22F2O2Si/c1-19(2,3)24(4,5)23-18-9-7-14(11-17(18)21)15-8-6-13(12-22)10-16(15)20/h6-12H,1-5H3. The van der Waals surface area contributed by atoms with Crippen molar-refractivity contribution in [3.63, 3.8) is 0 Å². The second-order valence-electron chi connectivity index (χ2n) is 7.36. The van der Waals surface area contributed by atoms with Gasteiger partial charge >= 0.3 is 0 Å². The number of carbonyl (C=O) groups is 1. The minimum atomic E-state index is -2.15. The number of carbonyl (C=O) groups excluding carboxylic acids is 1. The maximum Gasteiger partial charge on any atom is 0.250 e. The average molecular weight is 348 g/mol.